The molecule has 3 nitrogen and oxygen atoms in total. The van der Waals surface area contributed by atoms with E-state index in [2.05, 4.69) is 0 Å². The Labute approximate surface area is 131 Å². The Bertz CT molecular complexity index is 989. The summed E-state index contributed by atoms with van der Waals surface area (Å²) in [6.07, 6.45) is 1.47. The Morgan fingerprint density at radius 2 is 1.87 bits per heavy atom. The lowest BCUT2D eigenvalue weighted by Crippen LogP contribution is -1.98. The van der Waals surface area contributed by atoms with Crippen LogP contribution >= 0.6 is 0 Å². The predicted octanol–water partition coefficient (Wildman–Crippen LogP) is 4.30. The number of phenols is 1. The fourth-order valence-electron chi connectivity index (χ4n) is 2.72. The minimum Gasteiger partial charge on any atom is -0.505 e. The first-order valence-corrected chi connectivity index (χ1v) is 7.08. The number of ether oxygens (including phenoxy) is 1. The minimum absolute atomic E-state index is 0.140. The van der Waals surface area contributed by atoms with Gasteiger partial charge in [0.15, 0.2) is 17.3 Å². The van der Waals surface area contributed by atoms with Gasteiger partial charge >= 0.3 is 0 Å². The zero-order valence-electron chi connectivity index (χ0n) is 11.9. The highest BCUT2D eigenvalue weighted by molar-refractivity contribution is 6.21. The summed E-state index contributed by atoms with van der Waals surface area (Å²) in [4.78, 5) is 12.6. The van der Waals surface area contributed by atoms with Crippen LogP contribution in [0.25, 0.3) is 16.8 Å². The maximum atomic E-state index is 13.4. The molecule has 0 saturated carbocycles. The molecule has 1 aliphatic rings. The molecule has 4 rings (SSSR count). The van der Waals surface area contributed by atoms with Gasteiger partial charge < -0.3 is 9.84 Å². The summed E-state index contributed by atoms with van der Waals surface area (Å²) in [6.45, 7) is 0. The molecular weight excluding hydrogens is 295 g/mol. The first-order valence-electron chi connectivity index (χ1n) is 7.08. The largest absolute Gasteiger partial charge is 0.505 e. The number of allylic oxidation sites excluding steroid dienone is 1. The van der Waals surface area contributed by atoms with Crippen LogP contribution in [0, 0.1) is 5.82 Å². The number of hydrogen-bond donors (Lipinski definition) is 1. The molecule has 0 radical (unpaired) electrons. The lowest BCUT2D eigenvalue weighted by Gasteiger charge is -2.01. The van der Waals surface area contributed by atoms with E-state index in [0.29, 0.717) is 16.9 Å². The van der Waals surface area contributed by atoms with Crippen molar-refractivity contribution in [2.24, 2.45) is 0 Å². The lowest BCUT2D eigenvalue weighted by atomic mass is 10.0. The van der Waals surface area contributed by atoms with Crippen LogP contribution in [-0.2, 0) is 0 Å². The van der Waals surface area contributed by atoms with Gasteiger partial charge in [0, 0.05) is 0 Å². The number of rotatable bonds is 1. The van der Waals surface area contributed by atoms with Crippen molar-refractivity contribution in [3.05, 3.63) is 77.3 Å². The quantitative estimate of drug-likeness (QED) is 0.682. The van der Waals surface area contributed by atoms with Gasteiger partial charge in [-0.3, -0.25) is 4.79 Å². The van der Waals surface area contributed by atoms with Crippen molar-refractivity contribution >= 4 is 22.6 Å². The van der Waals surface area contributed by atoms with Gasteiger partial charge in [-0.2, -0.15) is 0 Å². The van der Waals surface area contributed by atoms with Crippen LogP contribution < -0.4 is 4.74 Å². The second kappa shape index (κ2) is 4.95. The van der Waals surface area contributed by atoms with Crippen molar-refractivity contribution in [3.63, 3.8) is 0 Å². The van der Waals surface area contributed by atoms with Gasteiger partial charge in [0.05, 0.1) is 5.56 Å². The highest BCUT2D eigenvalue weighted by Crippen LogP contribution is 2.37. The Balaban J connectivity index is 1.81. The van der Waals surface area contributed by atoms with Crippen LogP contribution in [-0.4, -0.2) is 10.9 Å². The van der Waals surface area contributed by atoms with E-state index in [9.17, 15) is 14.3 Å². The van der Waals surface area contributed by atoms with E-state index in [1.54, 1.807) is 6.07 Å². The van der Waals surface area contributed by atoms with Crippen molar-refractivity contribution in [1.29, 1.82) is 0 Å². The minimum atomic E-state index is -0.743. The third-order valence-corrected chi connectivity index (χ3v) is 3.83. The average Bonchev–Trinajstić information content (AvgIpc) is 2.87. The molecule has 112 valence electrons. The fourth-order valence-corrected chi connectivity index (χ4v) is 2.72. The molecule has 0 unspecified atom stereocenters. The smallest absolute Gasteiger partial charge is 0.232 e. The van der Waals surface area contributed by atoms with Crippen LogP contribution in [0.15, 0.2) is 60.4 Å². The molecular formula is C19H11FO3. The van der Waals surface area contributed by atoms with Crippen LogP contribution in [0.1, 0.15) is 15.9 Å². The summed E-state index contributed by atoms with van der Waals surface area (Å²) < 4.78 is 19.0. The molecule has 0 bridgehead atoms. The van der Waals surface area contributed by atoms with Crippen molar-refractivity contribution in [2.75, 3.05) is 0 Å². The Morgan fingerprint density at radius 3 is 2.70 bits per heavy atom. The van der Waals surface area contributed by atoms with Crippen LogP contribution in [0.4, 0.5) is 4.39 Å². The van der Waals surface area contributed by atoms with Crippen molar-refractivity contribution in [1.82, 2.24) is 0 Å². The molecule has 0 aliphatic carbocycles. The second-order valence-corrected chi connectivity index (χ2v) is 5.31. The van der Waals surface area contributed by atoms with Gasteiger partial charge in [0.1, 0.15) is 5.75 Å². The molecule has 0 aromatic heterocycles. The Kier molecular flexibility index (Phi) is 2.91. The van der Waals surface area contributed by atoms with Crippen LogP contribution in [0.3, 0.4) is 0 Å². The number of hydrogen-bond acceptors (Lipinski definition) is 3. The summed E-state index contributed by atoms with van der Waals surface area (Å²) >= 11 is 0. The number of carbonyl (C=O) groups is 1. The number of fused-ring (bicyclic) bond motifs is 3. The summed E-state index contributed by atoms with van der Waals surface area (Å²) in [7, 11) is 0. The number of benzene rings is 3. The topological polar surface area (TPSA) is 46.5 Å². The van der Waals surface area contributed by atoms with Crippen LogP contribution in [0.2, 0.25) is 0 Å². The summed E-state index contributed by atoms with van der Waals surface area (Å²) in [5, 5.41) is 11.0. The Morgan fingerprint density at radius 1 is 1.04 bits per heavy atom. The third-order valence-electron chi connectivity index (χ3n) is 3.83. The molecule has 1 aliphatic heterocycles. The van der Waals surface area contributed by atoms with Gasteiger partial charge in [-0.25, -0.2) is 4.39 Å². The van der Waals surface area contributed by atoms with Gasteiger partial charge in [-0.15, -0.1) is 0 Å². The summed E-state index contributed by atoms with van der Waals surface area (Å²) in [5.41, 5.74) is 0.967. The first kappa shape index (κ1) is 13.5. The molecule has 0 amide bonds. The standard InChI is InChI=1S/C19H11FO3/c20-14-9-11(5-7-15(14)21)10-17-19(22)18-13-4-2-1-3-12(13)6-8-16(18)23-17/h1-10,21H/b17-10-. The number of halogens is 1. The fraction of sp³-hybridized carbons (Fsp3) is 0. The van der Waals surface area contributed by atoms with Gasteiger partial charge in [-0.1, -0.05) is 36.4 Å². The van der Waals surface area contributed by atoms with Gasteiger partial charge in [-0.05, 0) is 40.6 Å². The molecule has 0 spiro atoms. The maximum Gasteiger partial charge on any atom is 0.232 e. The van der Waals surface area contributed by atoms with E-state index in [-0.39, 0.29) is 11.5 Å². The highest BCUT2D eigenvalue weighted by atomic mass is 19.1. The molecule has 0 atom stereocenters. The molecule has 3 aromatic carbocycles. The van der Waals surface area contributed by atoms with E-state index in [1.807, 2.05) is 30.3 Å². The molecule has 1 heterocycles. The second-order valence-electron chi connectivity index (χ2n) is 5.31. The SMILES string of the molecule is O=C1/C(=C/c2ccc(O)c(F)c2)Oc2ccc3ccccc3c21. The number of Topliss-reactive ketones (excluding diaryl/α,β-unsaturated/α-hetero) is 1. The first-order chi connectivity index (χ1) is 11.1. The monoisotopic (exact) mass is 306 g/mol. The number of aromatic hydroxyl groups is 1. The lowest BCUT2D eigenvalue weighted by molar-refractivity contribution is 0.101. The number of ketones is 1. The van der Waals surface area contributed by atoms with E-state index in [0.717, 1.165) is 16.8 Å². The molecule has 1 N–H and O–H groups in total. The van der Waals surface area contributed by atoms with E-state index in [4.69, 9.17) is 4.74 Å². The molecule has 3 aromatic rings. The Hall–Kier alpha value is -3.14. The van der Waals surface area contributed by atoms with Crippen molar-refractivity contribution in [2.45, 2.75) is 0 Å². The van der Waals surface area contributed by atoms with Gasteiger partial charge in [0.2, 0.25) is 5.78 Å². The summed E-state index contributed by atoms with van der Waals surface area (Å²) in [6, 6.07) is 15.1. The highest BCUT2D eigenvalue weighted by Gasteiger charge is 2.29. The molecule has 4 heteroatoms. The molecule has 23 heavy (non-hydrogen) atoms. The average molecular weight is 306 g/mol. The van der Waals surface area contributed by atoms with Gasteiger partial charge in [0.25, 0.3) is 0 Å². The zero-order valence-corrected chi connectivity index (χ0v) is 11.9. The third kappa shape index (κ3) is 2.16. The van der Waals surface area contributed by atoms with E-state index in [1.165, 1.54) is 18.2 Å². The normalized spacial score (nSPS) is 15.0. The van der Waals surface area contributed by atoms with Crippen molar-refractivity contribution in [3.8, 4) is 11.5 Å². The molecule has 0 fully saturated rings. The predicted molar refractivity (Wildman–Crippen MR) is 84.9 cm³/mol. The maximum absolute atomic E-state index is 13.4. The zero-order chi connectivity index (χ0) is 16.0. The van der Waals surface area contributed by atoms with E-state index >= 15 is 0 Å². The number of phenolic OH excluding ortho intramolecular Hbond substituents is 1. The van der Waals surface area contributed by atoms with Crippen molar-refractivity contribution < 1.29 is 19.0 Å². The van der Waals surface area contributed by atoms with E-state index < -0.39 is 11.6 Å². The van der Waals surface area contributed by atoms with Crippen LogP contribution in [0.5, 0.6) is 11.5 Å². The summed E-state index contributed by atoms with van der Waals surface area (Å²) in [5.74, 6) is -0.765. The number of carbonyl (C=O) groups excluding carboxylic acids is 1. The molecule has 0 saturated heterocycles.